The van der Waals surface area contributed by atoms with E-state index in [2.05, 4.69) is 0 Å². The molecule has 1 aromatic carbocycles. The molecule has 1 fully saturated rings. The van der Waals surface area contributed by atoms with E-state index in [1.54, 1.807) is 32.1 Å². The zero-order chi connectivity index (χ0) is 23.3. The molecule has 0 aliphatic heterocycles. The number of rotatable bonds is 7. The highest BCUT2D eigenvalue weighted by molar-refractivity contribution is 6.31. The Morgan fingerprint density at radius 2 is 1.77 bits per heavy atom. The summed E-state index contributed by atoms with van der Waals surface area (Å²) in [5, 5.41) is 11.5. The van der Waals surface area contributed by atoms with Gasteiger partial charge in [0.05, 0.1) is 11.6 Å². The molecule has 1 saturated carbocycles. The van der Waals surface area contributed by atoms with Gasteiger partial charge in [0.15, 0.2) is 0 Å². The molecule has 1 N–H and O–H groups in total. The largest absolute Gasteiger partial charge is 0.424 e. The zero-order valence-electron chi connectivity index (χ0n) is 19.3. The van der Waals surface area contributed by atoms with E-state index in [1.165, 1.54) is 11.8 Å². The van der Waals surface area contributed by atoms with Gasteiger partial charge in [-0.2, -0.15) is 0 Å². The average molecular weight is 455 g/mol. The minimum atomic E-state index is -1.08. The molecule has 0 radical (unpaired) electrons. The minimum absolute atomic E-state index is 0.0361. The summed E-state index contributed by atoms with van der Waals surface area (Å²) in [7, 11) is 5.19. The number of aliphatic hydroxyl groups excluding tert-OH is 1. The quantitative estimate of drug-likeness (QED) is 0.495. The number of benzene rings is 1. The molecule has 1 aromatic rings. The number of halogens is 1. The molecule has 1 amide bonds. The number of carbonyl (C=O) groups is 2. The topological polar surface area (TPSA) is 79.3 Å². The zero-order valence-corrected chi connectivity index (χ0v) is 20.1. The lowest BCUT2D eigenvalue weighted by Gasteiger charge is -2.48. The molecule has 8 heteroatoms. The molecule has 174 valence electrons. The molecule has 0 aromatic heterocycles. The highest BCUT2D eigenvalue weighted by atomic mass is 35.5. The maximum Gasteiger partial charge on any atom is 0.413 e. The van der Waals surface area contributed by atoms with Crippen molar-refractivity contribution in [3.8, 4) is 0 Å². The third-order valence-corrected chi connectivity index (χ3v) is 6.36. The molecule has 31 heavy (non-hydrogen) atoms. The predicted octanol–water partition coefficient (Wildman–Crippen LogP) is 4.01. The van der Waals surface area contributed by atoms with Gasteiger partial charge in [-0.25, -0.2) is 4.79 Å². The van der Waals surface area contributed by atoms with Crippen molar-refractivity contribution in [2.45, 2.75) is 70.4 Å². The van der Waals surface area contributed by atoms with Gasteiger partial charge in [-0.3, -0.25) is 14.6 Å². The lowest BCUT2D eigenvalue weighted by molar-refractivity contribution is -0.174. The summed E-state index contributed by atoms with van der Waals surface area (Å²) in [5.74, 6) is -0.421. The number of carbonyl (C=O) groups excluding carboxylic acids is 2. The van der Waals surface area contributed by atoms with E-state index in [0.29, 0.717) is 23.4 Å². The molecule has 0 spiro atoms. The Hall–Kier alpha value is -1.83. The van der Waals surface area contributed by atoms with Crippen LogP contribution >= 0.6 is 11.6 Å². The Labute approximate surface area is 190 Å². The summed E-state index contributed by atoms with van der Waals surface area (Å²) >= 11 is 6.47. The Morgan fingerprint density at radius 3 is 2.32 bits per heavy atom. The first-order chi connectivity index (χ1) is 14.5. The summed E-state index contributed by atoms with van der Waals surface area (Å²) in [6, 6.07) is 6.77. The van der Waals surface area contributed by atoms with E-state index in [-0.39, 0.29) is 5.92 Å². The predicted molar refractivity (Wildman–Crippen MR) is 120 cm³/mol. The van der Waals surface area contributed by atoms with Crippen LogP contribution in [0.5, 0.6) is 0 Å². The SMILES string of the molecule is CC(OC(=O)[C@H](C(C)C)N(C)C)OC(=O)N(C)[C@]1(c2ccccc2Cl)CCCCC1O. The van der Waals surface area contributed by atoms with Gasteiger partial charge in [0.25, 0.3) is 0 Å². The van der Waals surface area contributed by atoms with E-state index in [1.807, 2.05) is 32.0 Å². The van der Waals surface area contributed by atoms with Crippen LogP contribution in [0.4, 0.5) is 4.79 Å². The van der Waals surface area contributed by atoms with E-state index < -0.39 is 36.0 Å². The van der Waals surface area contributed by atoms with Crippen LogP contribution in [0, 0.1) is 5.92 Å². The number of nitrogens with zero attached hydrogens (tertiary/aromatic N) is 2. The Balaban J connectivity index is 2.21. The third-order valence-electron chi connectivity index (χ3n) is 6.03. The second kappa shape index (κ2) is 10.7. The van der Waals surface area contributed by atoms with Crippen LogP contribution in [0.3, 0.4) is 0 Å². The molecule has 0 saturated heterocycles. The molecule has 4 atom stereocenters. The van der Waals surface area contributed by atoms with Gasteiger partial charge in [-0.1, -0.05) is 56.5 Å². The second-order valence-electron chi connectivity index (χ2n) is 8.77. The molecular formula is C23H35ClN2O5. The van der Waals surface area contributed by atoms with Crippen molar-refractivity contribution >= 4 is 23.7 Å². The fourth-order valence-electron chi connectivity index (χ4n) is 4.56. The highest BCUT2D eigenvalue weighted by Gasteiger charge is 2.48. The standard InChI is InChI=1S/C23H35ClN2O5/c1-15(2)20(25(4)5)21(28)30-16(3)31-22(29)26(6)23(14-10-9-13-19(23)27)17-11-7-8-12-18(17)24/h7-8,11-12,15-16,19-20,27H,9-10,13-14H2,1-6H3/t16?,19?,20-,23-/m0/s1. The van der Waals surface area contributed by atoms with Crippen LogP contribution in [0.25, 0.3) is 0 Å². The Kier molecular flexibility index (Phi) is 8.74. The molecule has 1 aliphatic rings. The molecule has 2 rings (SSSR count). The van der Waals surface area contributed by atoms with Gasteiger partial charge < -0.3 is 14.6 Å². The van der Waals surface area contributed by atoms with Crippen molar-refractivity contribution in [3.63, 3.8) is 0 Å². The molecule has 1 aliphatic carbocycles. The van der Waals surface area contributed by atoms with E-state index in [4.69, 9.17) is 21.1 Å². The van der Waals surface area contributed by atoms with Crippen molar-refractivity contribution < 1.29 is 24.2 Å². The summed E-state index contributed by atoms with van der Waals surface area (Å²) in [5.41, 5.74) is -0.331. The number of amides is 1. The first-order valence-corrected chi connectivity index (χ1v) is 11.1. The van der Waals surface area contributed by atoms with Crippen molar-refractivity contribution in [1.29, 1.82) is 0 Å². The smallest absolute Gasteiger partial charge is 0.413 e. The normalized spacial score (nSPS) is 23.4. The van der Waals surface area contributed by atoms with Gasteiger partial charge in [-0.05, 0) is 44.5 Å². The number of hydrogen-bond acceptors (Lipinski definition) is 6. The monoisotopic (exact) mass is 454 g/mol. The van der Waals surface area contributed by atoms with Gasteiger partial charge >= 0.3 is 12.1 Å². The lowest BCUT2D eigenvalue weighted by Crippen LogP contribution is -2.57. The van der Waals surface area contributed by atoms with Crippen LogP contribution in [0.15, 0.2) is 24.3 Å². The number of ether oxygens (including phenoxy) is 2. The van der Waals surface area contributed by atoms with Crippen molar-refractivity contribution in [1.82, 2.24) is 9.80 Å². The van der Waals surface area contributed by atoms with Gasteiger partial charge in [-0.15, -0.1) is 0 Å². The van der Waals surface area contributed by atoms with Crippen LogP contribution in [0.2, 0.25) is 5.02 Å². The van der Waals surface area contributed by atoms with Gasteiger partial charge in [0.1, 0.15) is 6.04 Å². The molecule has 2 unspecified atom stereocenters. The number of hydrogen-bond donors (Lipinski definition) is 1. The Bertz CT molecular complexity index is 764. The van der Waals surface area contributed by atoms with E-state index >= 15 is 0 Å². The first kappa shape index (κ1) is 25.4. The number of aliphatic hydroxyl groups is 1. The molecular weight excluding hydrogens is 420 g/mol. The van der Waals surface area contributed by atoms with Crippen molar-refractivity contribution in [2.24, 2.45) is 5.92 Å². The van der Waals surface area contributed by atoms with Crippen LogP contribution < -0.4 is 0 Å². The average Bonchev–Trinajstić information content (AvgIpc) is 2.67. The molecule has 0 bridgehead atoms. The Morgan fingerprint density at radius 1 is 1.13 bits per heavy atom. The minimum Gasteiger partial charge on any atom is -0.424 e. The number of likely N-dealkylation sites (N-methyl/N-ethyl adjacent to an activating group) is 2. The number of esters is 1. The van der Waals surface area contributed by atoms with E-state index in [9.17, 15) is 14.7 Å². The van der Waals surface area contributed by atoms with Crippen molar-refractivity contribution in [2.75, 3.05) is 21.1 Å². The maximum atomic E-state index is 13.1. The molecule has 0 heterocycles. The van der Waals surface area contributed by atoms with Crippen LogP contribution in [-0.4, -0.2) is 66.5 Å². The summed E-state index contributed by atoms with van der Waals surface area (Å²) in [6.07, 6.45) is 0.241. The molecule has 7 nitrogen and oxygen atoms in total. The van der Waals surface area contributed by atoms with Gasteiger partial charge in [0.2, 0.25) is 6.29 Å². The fraction of sp³-hybridized carbons (Fsp3) is 0.652. The lowest BCUT2D eigenvalue weighted by atomic mass is 9.73. The first-order valence-electron chi connectivity index (χ1n) is 10.8. The maximum absolute atomic E-state index is 13.1. The van der Waals surface area contributed by atoms with E-state index in [0.717, 1.165) is 12.8 Å². The van der Waals surface area contributed by atoms with Crippen LogP contribution in [-0.2, 0) is 19.8 Å². The second-order valence-corrected chi connectivity index (χ2v) is 9.17. The highest BCUT2D eigenvalue weighted by Crippen LogP contribution is 2.44. The van der Waals surface area contributed by atoms with Gasteiger partial charge in [0, 0.05) is 19.0 Å². The van der Waals surface area contributed by atoms with Crippen LogP contribution in [0.1, 0.15) is 52.0 Å². The summed E-state index contributed by atoms with van der Waals surface area (Å²) in [6.45, 7) is 5.36. The summed E-state index contributed by atoms with van der Waals surface area (Å²) < 4.78 is 10.8. The summed E-state index contributed by atoms with van der Waals surface area (Å²) in [4.78, 5) is 28.8. The fourth-order valence-corrected chi connectivity index (χ4v) is 4.86. The van der Waals surface area contributed by atoms with Crippen molar-refractivity contribution in [3.05, 3.63) is 34.9 Å². The third kappa shape index (κ3) is 5.51.